The van der Waals surface area contributed by atoms with Gasteiger partial charge in [-0.3, -0.25) is 14.4 Å². The molecule has 1 unspecified atom stereocenters. The van der Waals surface area contributed by atoms with Gasteiger partial charge < -0.3 is 14.8 Å². The van der Waals surface area contributed by atoms with Crippen molar-refractivity contribution in [2.45, 2.75) is 38.8 Å². The molecule has 8 heteroatoms. The lowest BCUT2D eigenvalue weighted by atomic mass is 9.91. The summed E-state index contributed by atoms with van der Waals surface area (Å²) in [5.41, 5.74) is 3.08. The molecular formula is C23H29ClN4O3. The number of nitrogens with one attached hydrogen (secondary N) is 1. The maximum Gasteiger partial charge on any atom is 0.224 e. The number of benzene rings is 1. The number of fused-ring (bicyclic) bond motifs is 3. The number of halogens is 1. The number of nitrogens with zero attached hydrogens (tertiary/aromatic N) is 3. The standard InChI is InChI=1S/C23H29ClN4O3/c1-14-7-18(27(2)26-14)13-28-11-15-3-4-16(12-28)23(15)25-22(29)9-17-8-20-21(10-19(17)24)31-6-5-30-20/h7-8,10,15-16,23H,3-6,9,11-13H2,1-2H3,(H,25,29)/t15-,16+,23?. The summed E-state index contributed by atoms with van der Waals surface area (Å²) in [6.07, 6.45) is 2.59. The van der Waals surface area contributed by atoms with Gasteiger partial charge in [0.25, 0.3) is 0 Å². The molecule has 3 aliphatic rings. The summed E-state index contributed by atoms with van der Waals surface area (Å²) in [7, 11) is 2.01. The fraction of sp³-hybridized carbons (Fsp3) is 0.565. The summed E-state index contributed by atoms with van der Waals surface area (Å²) >= 11 is 6.40. The van der Waals surface area contributed by atoms with Gasteiger partial charge in [-0.2, -0.15) is 5.10 Å². The Kier molecular flexibility index (Phi) is 5.56. The zero-order chi connectivity index (χ0) is 21.5. The number of rotatable bonds is 5. The Balaban J connectivity index is 1.20. The average molecular weight is 445 g/mol. The largest absolute Gasteiger partial charge is 0.486 e. The number of ether oxygens (including phenoxy) is 2. The van der Waals surface area contributed by atoms with E-state index < -0.39 is 0 Å². The molecule has 31 heavy (non-hydrogen) atoms. The molecule has 1 aliphatic carbocycles. The Labute approximate surface area is 187 Å². The fourth-order valence-corrected chi connectivity index (χ4v) is 5.60. The number of piperidine rings is 1. The highest BCUT2D eigenvalue weighted by atomic mass is 35.5. The van der Waals surface area contributed by atoms with Crippen molar-refractivity contribution in [1.29, 1.82) is 0 Å². The van der Waals surface area contributed by atoms with Crippen molar-refractivity contribution in [3.05, 3.63) is 40.2 Å². The topological polar surface area (TPSA) is 68.6 Å². The number of carbonyl (C=O) groups is 1. The molecule has 3 heterocycles. The smallest absolute Gasteiger partial charge is 0.224 e. The van der Waals surface area contributed by atoms with Gasteiger partial charge in [-0.25, -0.2) is 0 Å². The fourth-order valence-electron chi connectivity index (χ4n) is 5.38. The van der Waals surface area contributed by atoms with E-state index in [2.05, 4.69) is 21.4 Å². The molecule has 2 aromatic rings. The van der Waals surface area contributed by atoms with Crippen LogP contribution in [0.5, 0.6) is 11.5 Å². The van der Waals surface area contributed by atoms with Crippen LogP contribution in [-0.4, -0.2) is 52.9 Å². The number of amides is 1. The van der Waals surface area contributed by atoms with Crippen molar-refractivity contribution in [2.75, 3.05) is 26.3 Å². The molecule has 7 nitrogen and oxygen atoms in total. The van der Waals surface area contributed by atoms with Crippen molar-refractivity contribution < 1.29 is 14.3 Å². The maximum atomic E-state index is 12.9. The SMILES string of the molecule is Cc1cc(CN2C[C@H]3CC[C@@H](C2)C3NC(=O)Cc2cc3c(cc2Cl)OCCO3)n(C)n1. The van der Waals surface area contributed by atoms with Gasteiger partial charge in [-0.1, -0.05) is 11.6 Å². The summed E-state index contributed by atoms with van der Waals surface area (Å²) < 4.78 is 13.2. The summed E-state index contributed by atoms with van der Waals surface area (Å²) in [4.78, 5) is 15.4. The van der Waals surface area contributed by atoms with Crippen LogP contribution in [0.3, 0.4) is 0 Å². The van der Waals surface area contributed by atoms with Crippen LogP contribution in [0.1, 0.15) is 29.8 Å². The van der Waals surface area contributed by atoms with Gasteiger partial charge in [0.2, 0.25) is 5.91 Å². The zero-order valence-electron chi connectivity index (χ0n) is 18.1. The second-order valence-electron chi connectivity index (χ2n) is 9.05. The normalized spacial score (nSPS) is 24.9. The quantitative estimate of drug-likeness (QED) is 0.768. The van der Waals surface area contributed by atoms with Gasteiger partial charge in [0.05, 0.1) is 17.8 Å². The van der Waals surface area contributed by atoms with E-state index in [9.17, 15) is 4.79 Å². The number of carbonyl (C=O) groups excluding carboxylic acids is 1. The lowest BCUT2D eigenvalue weighted by Crippen LogP contribution is -2.52. The molecular weight excluding hydrogens is 416 g/mol. The number of hydrogen-bond acceptors (Lipinski definition) is 5. The van der Waals surface area contributed by atoms with Crippen LogP contribution < -0.4 is 14.8 Å². The molecule has 1 saturated heterocycles. The lowest BCUT2D eigenvalue weighted by molar-refractivity contribution is -0.122. The highest BCUT2D eigenvalue weighted by Crippen LogP contribution is 2.38. The van der Waals surface area contributed by atoms with E-state index in [0.29, 0.717) is 41.6 Å². The third-order valence-electron chi connectivity index (χ3n) is 6.78. The first kappa shape index (κ1) is 20.6. The lowest BCUT2D eigenvalue weighted by Gasteiger charge is -2.38. The van der Waals surface area contributed by atoms with Crippen molar-refractivity contribution in [3.63, 3.8) is 0 Å². The summed E-state index contributed by atoms with van der Waals surface area (Å²) in [6, 6.07) is 5.99. The van der Waals surface area contributed by atoms with Crippen molar-refractivity contribution in [1.82, 2.24) is 20.0 Å². The molecule has 1 N–H and O–H groups in total. The number of hydrogen-bond donors (Lipinski definition) is 1. The van der Waals surface area contributed by atoms with Crippen molar-refractivity contribution in [3.8, 4) is 11.5 Å². The van der Waals surface area contributed by atoms with E-state index in [1.165, 1.54) is 18.5 Å². The van der Waals surface area contributed by atoms with Crippen LogP contribution in [-0.2, 0) is 24.8 Å². The van der Waals surface area contributed by atoms with Crippen LogP contribution in [0.15, 0.2) is 18.2 Å². The van der Waals surface area contributed by atoms with Gasteiger partial charge in [-0.05, 0) is 49.3 Å². The second kappa shape index (κ2) is 8.36. The minimum Gasteiger partial charge on any atom is -0.486 e. The predicted octanol–water partition coefficient (Wildman–Crippen LogP) is 2.72. The molecule has 1 aromatic heterocycles. The van der Waals surface area contributed by atoms with E-state index in [-0.39, 0.29) is 18.4 Å². The van der Waals surface area contributed by atoms with Crippen LogP contribution >= 0.6 is 11.6 Å². The van der Waals surface area contributed by atoms with Gasteiger partial charge >= 0.3 is 0 Å². The highest BCUT2D eigenvalue weighted by molar-refractivity contribution is 6.31. The third-order valence-corrected chi connectivity index (χ3v) is 7.14. The minimum absolute atomic E-state index is 0.0242. The third kappa shape index (κ3) is 4.26. The zero-order valence-corrected chi connectivity index (χ0v) is 18.8. The Morgan fingerprint density at radius 2 is 1.84 bits per heavy atom. The van der Waals surface area contributed by atoms with E-state index >= 15 is 0 Å². The van der Waals surface area contributed by atoms with Gasteiger partial charge in [-0.15, -0.1) is 0 Å². The second-order valence-corrected chi connectivity index (χ2v) is 9.46. The van der Waals surface area contributed by atoms with Gasteiger partial charge in [0.1, 0.15) is 13.2 Å². The van der Waals surface area contributed by atoms with Gasteiger partial charge in [0.15, 0.2) is 11.5 Å². The Morgan fingerprint density at radius 3 is 2.48 bits per heavy atom. The van der Waals surface area contributed by atoms with E-state index in [4.69, 9.17) is 21.1 Å². The van der Waals surface area contributed by atoms with Crippen LogP contribution in [0.25, 0.3) is 0 Å². The monoisotopic (exact) mass is 444 g/mol. The first-order chi connectivity index (χ1) is 15.0. The molecule has 1 saturated carbocycles. The predicted molar refractivity (Wildman–Crippen MR) is 118 cm³/mol. The Bertz CT molecular complexity index is 977. The highest BCUT2D eigenvalue weighted by Gasteiger charge is 2.42. The number of likely N-dealkylation sites (tertiary alicyclic amines) is 1. The van der Waals surface area contributed by atoms with Crippen LogP contribution in [0, 0.1) is 18.8 Å². The Hall–Kier alpha value is -2.25. The average Bonchev–Trinajstić information content (AvgIpc) is 3.15. The number of aromatic nitrogens is 2. The van der Waals surface area contributed by atoms with Gasteiger partial charge in [0, 0.05) is 43.8 Å². The van der Waals surface area contributed by atoms with E-state index in [1.54, 1.807) is 6.07 Å². The molecule has 1 amide bonds. The van der Waals surface area contributed by atoms with Crippen molar-refractivity contribution >= 4 is 17.5 Å². The minimum atomic E-state index is 0.0242. The van der Waals surface area contributed by atoms with E-state index in [1.807, 2.05) is 24.7 Å². The molecule has 2 fully saturated rings. The molecule has 3 atom stereocenters. The first-order valence-electron chi connectivity index (χ1n) is 11.1. The number of aryl methyl sites for hydroxylation is 2. The van der Waals surface area contributed by atoms with E-state index in [0.717, 1.165) is 30.9 Å². The van der Waals surface area contributed by atoms with Crippen LogP contribution in [0.2, 0.25) is 5.02 Å². The molecule has 2 bridgehead atoms. The molecule has 0 radical (unpaired) electrons. The molecule has 0 spiro atoms. The summed E-state index contributed by atoms with van der Waals surface area (Å²) in [5.74, 6) is 2.32. The molecule has 1 aromatic carbocycles. The first-order valence-corrected chi connectivity index (χ1v) is 11.4. The van der Waals surface area contributed by atoms with Crippen molar-refractivity contribution in [2.24, 2.45) is 18.9 Å². The maximum absolute atomic E-state index is 12.9. The summed E-state index contributed by atoms with van der Waals surface area (Å²) in [5, 5.41) is 8.33. The molecule has 5 rings (SSSR count). The van der Waals surface area contributed by atoms with Crippen LogP contribution in [0.4, 0.5) is 0 Å². The molecule has 166 valence electrons. The molecule has 2 aliphatic heterocycles. The summed E-state index contributed by atoms with van der Waals surface area (Å²) in [6.45, 7) is 6.00. The Morgan fingerprint density at radius 1 is 1.16 bits per heavy atom.